The van der Waals surface area contributed by atoms with Crippen molar-refractivity contribution in [2.45, 2.75) is 32.3 Å². The number of aliphatic hydroxyl groups is 3. The Morgan fingerprint density at radius 1 is 1.14 bits per heavy atom. The van der Waals surface area contributed by atoms with Crippen molar-refractivity contribution in [1.29, 1.82) is 0 Å². The first-order valence-corrected chi connectivity index (χ1v) is 12.8. The largest absolute Gasteiger partial charge is 0.508 e. The lowest BCUT2D eigenvalue weighted by atomic mass is 9.54. The number of hydrogen-bond donors (Lipinski definition) is 5. The van der Waals surface area contributed by atoms with E-state index in [1.165, 1.54) is 6.07 Å². The summed E-state index contributed by atoms with van der Waals surface area (Å²) in [6.07, 6.45) is 0.328. The van der Waals surface area contributed by atoms with E-state index in [0.29, 0.717) is 5.56 Å². The van der Waals surface area contributed by atoms with Gasteiger partial charge in [-0.2, -0.15) is 0 Å². The van der Waals surface area contributed by atoms with Gasteiger partial charge in [0.05, 0.1) is 5.56 Å². The number of hydrogen-bond acceptors (Lipinski definition) is 7. The monoisotopic (exact) mass is 567 g/mol. The Kier molecular flexibility index (Phi) is 5.84. The molecule has 0 spiro atoms. The number of fused-ring (bicyclic) bond motifs is 3. The van der Waals surface area contributed by atoms with Crippen LogP contribution in [-0.4, -0.2) is 43.5 Å². The Hall–Kier alpha value is -3.43. The fourth-order valence-electron chi connectivity index (χ4n) is 6.41. The highest BCUT2D eigenvalue weighted by molar-refractivity contribution is 9.10. The van der Waals surface area contributed by atoms with E-state index in [4.69, 9.17) is 5.73 Å². The molecule has 0 bridgehead atoms. The van der Waals surface area contributed by atoms with Crippen LogP contribution in [0.25, 0.3) is 16.9 Å². The molecular formula is C28H26BrNO7. The van der Waals surface area contributed by atoms with Gasteiger partial charge >= 0.3 is 0 Å². The molecule has 1 amide bonds. The molecule has 4 atom stereocenters. The first-order valence-electron chi connectivity index (χ1n) is 12.0. The zero-order valence-corrected chi connectivity index (χ0v) is 21.7. The fourth-order valence-corrected chi connectivity index (χ4v) is 6.81. The van der Waals surface area contributed by atoms with Gasteiger partial charge in [0, 0.05) is 21.9 Å². The molecule has 0 aliphatic heterocycles. The second kappa shape index (κ2) is 8.56. The average molecular weight is 568 g/mol. The standard InChI is InChI=1S/C28H26BrNO7/c1-11(2)19-17-10-13-9-16-15(12-4-3-5-14(29)8-12)6-7-18(31)21(16)24(33)20(13)25(34)28(17,37)26(35)22(23(19)32)27(30)36/h3-8,11,13,17,19,31,33,35,37H,9-10H2,1-2H3,(H2,30,36)/t13-,17-,19-,28-/m0/s1. The number of carbonyl (C=O) groups is 3. The Morgan fingerprint density at radius 2 is 1.84 bits per heavy atom. The van der Waals surface area contributed by atoms with Gasteiger partial charge < -0.3 is 26.2 Å². The van der Waals surface area contributed by atoms with Crippen LogP contribution in [0.3, 0.4) is 0 Å². The number of ketones is 2. The first-order chi connectivity index (χ1) is 17.4. The van der Waals surface area contributed by atoms with E-state index in [1.54, 1.807) is 19.9 Å². The molecule has 0 aromatic heterocycles. The molecule has 6 N–H and O–H groups in total. The Labute approximate surface area is 221 Å². The number of halogens is 1. The van der Waals surface area contributed by atoms with Crippen molar-refractivity contribution < 1.29 is 34.8 Å². The van der Waals surface area contributed by atoms with E-state index in [2.05, 4.69) is 15.9 Å². The Morgan fingerprint density at radius 3 is 2.46 bits per heavy atom. The summed E-state index contributed by atoms with van der Waals surface area (Å²) in [6, 6.07) is 10.7. The summed E-state index contributed by atoms with van der Waals surface area (Å²) in [5.41, 5.74) is 4.10. The van der Waals surface area contributed by atoms with Crippen LogP contribution in [0.5, 0.6) is 5.75 Å². The summed E-state index contributed by atoms with van der Waals surface area (Å²) in [6.45, 7) is 3.47. The van der Waals surface area contributed by atoms with E-state index in [-0.39, 0.29) is 35.6 Å². The molecule has 37 heavy (non-hydrogen) atoms. The highest BCUT2D eigenvalue weighted by Crippen LogP contribution is 2.55. The van der Waals surface area contributed by atoms with E-state index in [1.807, 2.05) is 24.3 Å². The minimum absolute atomic E-state index is 0.0741. The third kappa shape index (κ3) is 3.48. The van der Waals surface area contributed by atoms with Crippen molar-refractivity contribution in [2.75, 3.05) is 0 Å². The second-order valence-electron chi connectivity index (χ2n) is 10.3. The molecule has 2 aromatic carbocycles. The number of rotatable bonds is 3. The molecule has 0 unspecified atom stereocenters. The molecular weight excluding hydrogens is 542 g/mol. The summed E-state index contributed by atoms with van der Waals surface area (Å²) in [4.78, 5) is 39.2. The van der Waals surface area contributed by atoms with Crippen LogP contribution in [0.15, 0.2) is 57.8 Å². The number of aromatic hydroxyl groups is 1. The van der Waals surface area contributed by atoms with Crippen LogP contribution >= 0.6 is 15.9 Å². The third-order valence-corrected chi connectivity index (χ3v) is 8.48. The Bertz CT molecular complexity index is 1460. The molecule has 0 saturated heterocycles. The highest BCUT2D eigenvalue weighted by Gasteiger charge is 2.64. The summed E-state index contributed by atoms with van der Waals surface area (Å²) in [7, 11) is 0. The van der Waals surface area contributed by atoms with Gasteiger partial charge in [-0.1, -0.05) is 48.0 Å². The minimum Gasteiger partial charge on any atom is -0.508 e. The molecule has 1 fully saturated rings. The lowest BCUT2D eigenvalue weighted by molar-refractivity contribution is -0.155. The van der Waals surface area contributed by atoms with Crippen molar-refractivity contribution in [2.24, 2.45) is 29.4 Å². The molecule has 9 heteroatoms. The number of amides is 1. The van der Waals surface area contributed by atoms with Crippen LogP contribution in [0, 0.1) is 23.7 Å². The molecule has 3 aliphatic carbocycles. The topological polar surface area (TPSA) is 158 Å². The summed E-state index contributed by atoms with van der Waals surface area (Å²) >= 11 is 3.46. The minimum atomic E-state index is -2.61. The lowest BCUT2D eigenvalue weighted by Gasteiger charge is -2.50. The maximum Gasteiger partial charge on any atom is 0.255 e. The van der Waals surface area contributed by atoms with Gasteiger partial charge in [0.15, 0.2) is 11.4 Å². The molecule has 0 radical (unpaired) electrons. The van der Waals surface area contributed by atoms with E-state index in [9.17, 15) is 34.8 Å². The number of carbonyl (C=O) groups excluding carboxylic acids is 3. The van der Waals surface area contributed by atoms with Gasteiger partial charge in [-0.15, -0.1) is 0 Å². The molecule has 5 rings (SSSR count). The van der Waals surface area contributed by atoms with Gasteiger partial charge in [0.25, 0.3) is 5.91 Å². The summed E-state index contributed by atoms with van der Waals surface area (Å²) < 4.78 is 0.842. The van der Waals surface area contributed by atoms with Crippen molar-refractivity contribution in [1.82, 2.24) is 0 Å². The predicted molar refractivity (Wildman–Crippen MR) is 138 cm³/mol. The zero-order valence-electron chi connectivity index (χ0n) is 20.2. The lowest BCUT2D eigenvalue weighted by Crippen LogP contribution is -2.62. The number of nitrogens with two attached hydrogens (primary N) is 1. The van der Waals surface area contributed by atoms with Gasteiger partial charge in [0.2, 0.25) is 5.78 Å². The van der Waals surface area contributed by atoms with Gasteiger partial charge in [0.1, 0.15) is 22.8 Å². The number of aliphatic hydroxyl groups excluding tert-OH is 2. The molecule has 3 aliphatic rings. The number of benzene rings is 2. The number of phenolic OH excluding ortho intramolecular Hbond substituents is 1. The number of primary amides is 1. The number of Topliss-reactive ketones (excluding diaryl/α,β-unsaturated/α-hetero) is 2. The van der Waals surface area contributed by atoms with Crippen molar-refractivity contribution in [3.05, 3.63) is 68.9 Å². The van der Waals surface area contributed by atoms with Crippen molar-refractivity contribution in [3.8, 4) is 16.9 Å². The SMILES string of the molecule is CC(C)[C@@H]1C(=O)C(C(N)=O)=C(O)[C@@]2(O)C(=O)C3=C(O)c4c(O)ccc(-c5cccc(Br)c5)c4C[C@H]3C[C@@H]12. The van der Waals surface area contributed by atoms with Crippen LogP contribution in [0.4, 0.5) is 0 Å². The smallest absolute Gasteiger partial charge is 0.255 e. The van der Waals surface area contributed by atoms with Crippen LogP contribution in [0.2, 0.25) is 0 Å². The van der Waals surface area contributed by atoms with Gasteiger partial charge in [-0.3, -0.25) is 14.4 Å². The Balaban J connectivity index is 1.75. The highest BCUT2D eigenvalue weighted by atomic mass is 79.9. The van der Waals surface area contributed by atoms with Gasteiger partial charge in [-0.05, 0) is 59.6 Å². The fraction of sp³-hybridized carbons (Fsp3) is 0.321. The van der Waals surface area contributed by atoms with Crippen LogP contribution < -0.4 is 5.73 Å². The zero-order chi connectivity index (χ0) is 27.0. The molecule has 0 heterocycles. The van der Waals surface area contributed by atoms with Crippen LogP contribution in [0.1, 0.15) is 31.4 Å². The predicted octanol–water partition coefficient (Wildman–Crippen LogP) is 3.74. The molecule has 1 saturated carbocycles. The van der Waals surface area contributed by atoms with E-state index >= 15 is 0 Å². The van der Waals surface area contributed by atoms with Crippen molar-refractivity contribution >= 4 is 39.2 Å². The van der Waals surface area contributed by atoms with E-state index < -0.39 is 57.9 Å². The molecule has 8 nitrogen and oxygen atoms in total. The maximum atomic E-state index is 13.9. The van der Waals surface area contributed by atoms with Crippen LogP contribution in [-0.2, 0) is 20.8 Å². The maximum absolute atomic E-state index is 13.9. The van der Waals surface area contributed by atoms with Gasteiger partial charge in [-0.25, -0.2) is 0 Å². The average Bonchev–Trinajstić information content (AvgIpc) is 2.81. The second-order valence-corrected chi connectivity index (χ2v) is 11.2. The molecule has 2 aromatic rings. The molecule has 192 valence electrons. The summed E-state index contributed by atoms with van der Waals surface area (Å²) in [5, 5.41) is 44.6. The first kappa shape index (κ1) is 25.2. The number of phenols is 1. The normalized spacial score (nSPS) is 27.2. The quantitative estimate of drug-likeness (QED) is 0.353. The van der Waals surface area contributed by atoms with Crippen molar-refractivity contribution in [3.63, 3.8) is 0 Å². The summed E-state index contributed by atoms with van der Waals surface area (Å²) in [5.74, 6) is -7.73. The van der Waals surface area contributed by atoms with E-state index in [0.717, 1.165) is 15.6 Å². The third-order valence-electron chi connectivity index (χ3n) is 7.99.